The molecule has 1 unspecified atom stereocenters. The smallest absolute Gasteiger partial charge is 0.337 e. The number of benzene rings is 1. The quantitative estimate of drug-likeness (QED) is 0.702. The van der Waals surface area contributed by atoms with Crippen molar-refractivity contribution in [2.45, 2.75) is 18.9 Å². The van der Waals surface area contributed by atoms with Crippen LogP contribution in [0.3, 0.4) is 0 Å². The molecule has 7 nitrogen and oxygen atoms in total. The molecule has 8 heteroatoms. The van der Waals surface area contributed by atoms with Crippen molar-refractivity contribution in [3.63, 3.8) is 0 Å². The number of hydrogen-bond acceptors (Lipinski definition) is 5. The van der Waals surface area contributed by atoms with Gasteiger partial charge in [0.05, 0.1) is 13.0 Å². The largest absolute Gasteiger partial charge is 0.486 e. The molecule has 0 fully saturated rings. The Labute approximate surface area is 135 Å². The van der Waals surface area contributed by atoms with Crippen LogP contribution in [0.5, 0.6) is 11.5 Å². The lowest BCUT2D eigenvalue weighted by Crippen LogP contribution is -2.46. The van der Waals surface area contributed by atoms with E-state index in [1.165, 1.54) is 0 Å². The number of amides is 1. The van der Waals surface area contributed by atoms with Crippen LogP contribution in [0.15, 0.2) is 16.6 Å². The first-order valence-electron chi connectivity index (χ1n) is 6.60. The zero-order chi connectivity index (χ0) is 16.3. The van der Waals surface area contributed by atoms with Crippen molar-refractivity contribution in [3.8, 4) is 11.5 Å². The highest BCUT2D eigenvalue weighted by Gasteiger charge is 2.30. The maximum Gasteiger partial charge on any atom is 0.337 e. The Balaban J connectivity index is 2.01. The molecule has 1 aromatic carbocycles. The van der Waals surface area contributed by atoms with Gasteiger partial charge in [0.25, 0.3) is 0 Å². The summed E-state index contributed by atoms with van der Waals surface area (Å²) in [5.74, 6) is -0.627. The number of ether oxygens (including phenoxy) is 2. The van der Waals surface area contributed by atoms with Crippen molar-refractivity contribution in [1.29, 1.82) is 0 Å². The Kier molecular flexibility index (Phi) is 4.92. The number of aliphatic carboxylic acids is 1. The second kappa shape index (κ2) is 6.53. The van der Waals surface area contributed by atoms with Gasteiger partial charge in [-0.1, -0.05) is 15.9 Å². The molecule has 1 amide bonds. The van der Waals surface area contributed by atoms with Crippen molar-refractivity contribution in [2.75, 3.05) is 19.8 Å². The molecule has 120 valence electrons. The Morgan fingerprint density at radius 2 is 1.91 bits per heavy atom. The third-order valence-electron chi connectivity index (χ3n) is 3.15. The van der Waals surface area contributed by atoms with Gasteiger partial charge in [0, 0.05) is 4.47 Å². The van der Waals surface area contributed by atoms with Crippen LogP contribution in [0.2, 0.25) is 0 Å². The number of nitrogens with one attached hydrogen (secondary N) is 1. The van der Waals surface area contributed by atoms with Gasteiger partial charge in [0.15, 0.2) is 17.1 Å². The minimum Gasteiger partial charge on any atom is -0.486 e. The zero-order valence-corrected chi connectivity index (χ0v) is 13.5. The van der Waals surface area contributed by atoms with E-state index in [4.69, 9.17) is 14.6 Å². The van der Waals surface area contributed by atoms with Crippen LogP contribution in [0, 0.1) is 0 Å². The van der Waals surface area contributed by atoms with Gasteiger partial charge in [0.1, 0.15) is 13.2 Å². The fourth-order valence-corrected chi connectivity index (χ4v) is 2.29. The molecule has 1 heterocycles. The number of fused-ring (bicyclic) bond motifs is 1. The van der Waals surface area contributed by atoms with Gasteiger partial charge in [0.2, 0.25) is 5.91 Å². The highest BCUT2D eigenvalue weighted by atomic mass is 79.9. The Bertz CT molecular complexity index is 601. The number of rotatable bonds is 5. The average molecular weight is 374 g/mol. The number of carboxylic acid groups (broad SMARTS) is 1. The first-order valence-corrected chi connectivity index (χ1v) is 7.39. The Hall–Kier alpha value is -1.80. The van der Waals surface area contributed by atoms with Crippen LogP contribution in [-0.4, -0.2) is 47.4 Å². The number of carbonyl (C=O) groups excluding carboxylic acids is 1. The molecule has 0 radical (unpaired) electrons. The summed E-state index contributed by atoms with van der Waals surface area (Å²) in [5, 5.41) is 20.7. The van der Waals surface area contributed by atoms with E-state index in [0.29, 0.717) is 34.7 Å². The van der Waals surface area contributed by atoms with E-state index in [2.05, 4.69) is 21.2 Å². The van der Waals surface area contributed by atoms with Crippen molar-refractivity contribution in [2.24, 2.45) is 0 Å². The van der Waals surface area contributed by atoms with Gasteiger partial charge in [-0.2, -0.15) is 0 Å². The average Bonchev–Trinajstić information content (AvgIpc) is 2.46. The lowest BCUT2D eigenvalue weighted by atomic mass is 10.1. The van der Waals surface area contributed by atoms with Crippen LogP contribution in [-0.2, 0) is 16.0 Å². The summed E-state index contributed by atoms with van der Waals surface area (Å²) in [6.07, 6.45) is 0.0208. The summed E-state index contributed by atoms with van der Waals surface area (Å²) >= 11 is 3.36. The van der Waals surface area contributed by atoms with Crippen LogP contribution in [0.25, 0.3) is 0 Å². The molecule has 1 aliphatic rings. The van der Waals surface area contributed by atoms with E-state index in [-0.39, 0.29) is 13.0 Å². The van der Waals surface area contributed by atoms with Gasteiger partial charge in [-0.05, 0) is 24.6 Å². The van der Waals surface area contributed by atoms with E-state index in [1.54, 1.807) is 12.1 Å². The molecule has 3 N–H and O–H groups in total. The van der Waals surface area contributed by atoms with Crippen LogP contribution < -0.4 is 14.8 Å². The van der Waals surface area contributed by atoms with Gasteiger partial charge in [-0.15, -0.1) is 0 Å². The SMILES string of the molecule is CC(O)(CNC(=O)Cc1cc2c(cc1Br)OCCO2)C(=O)O. The second-order valence-corrected chi connectivity index (χ2v) is 5.97. The molecular weight excluding hydrogens is 358 g/mol. The summed E-state index contributed by atoms with van der Waals surface area (Å²) < 4.78 is 11.6. The van der Waals surface area contributed by atoms with Crippen LogP contribution in [0.1, 0.15) is 12.5 Å². The van der Waals surface area contributed by atoms with Crippen molar-refractivity contribution >= 4 is 27.8 Å². The molecule has 1 aromatic rings. The predicted octanol–water partition coefficient (Wildman–Crippen LogP) is 0.715. The molecule has 0 saturated heterocycles. The molecule has 0 bridgehead atoms. The number of halogens is 1. The molecule has 1 atom stereocenters. The number of aliphatic hydroxyl groups is 1. The first kappa shape index (κ1) is 16.6. The highest BCUT2D eigenvalue weighted by molar-refractivity contribution is 9.10. The number of hydrogen-bond donors (Lipinski definition) is 3. The summed E-state index contributed by atoms with van der Waals surface area (Å²) in [4.78, 5) is 22.7. The summed E-state index contributed by atoms with van der Waals surface area (Å²) in [5.41, 5.74) is -1.32. The minimum atomic E-state index is -2.00. The minimum absolute atomic E-state index is 0.0208. The van der Waals surface area contributed by atoms with Crippen molar-refractivity contribution in [1.82, 2.24) is 5.32 Å². The van der Waals surface area contributed by atoms with Crippen molar-refractivity contribution < 1.29 is 29.3 Å². The third-order valence-corrected chi connectivity index (χ3v) is 3.89. The fourth-order valence-electron chi connectivity index (χ4n) is 1.82. The van der Waals surface area contributed by atoms with Gasteiger partial charge >= 0.3 is 5.97 Å². The Morgan fingerprint density at radius 1 is 1.32 bits per heavy atom. The third kappa shape index (κ3) is 3.89. The van der Waals surface area contributed by atoms with E-state index in [1.807, 2.05) is 0 Å². The second-order valence-electron chi connectivity index (χ2n) is 5.12. The normalized spacial score (nSPS) is 15.8. The molecular formula is C14H16BrNO6. The predicted molar refractivity (Wildman–Crippen MR) is 80.1 cm³/mol. The Morgan fingerprint density at radius 3 is 2.50 bits per heavy atom. The van der Waals surface area contributed by atoms with Gasteiger partial charge in [-0.3, -0.25) is 4.79 Å². The molecule has 1 aliphatic heterocycles. The lowest BCUT2D eigenvalue weighted by molar-refractivity contribution is -0.156. The van der Waals surface area contributed by atoms with E-state index in [9.17, 15) is 14.7 Å². The topological polar surface area (TPSA) is 105 Å². The number of carboxylic acids is 1. The van der Waals surface area contributed by atoms with Crippen LogP contribution >= 0.6 is 15.9 Å². The zero-order valence-electron chi connectivity index (χ0n) is 11.9. The molecule has 2 rings (SSSR count). The highest BCUT2D eigenvalue weighted by Crippen LogP contribution is 2.35. The molecule has 0 aliphatic carbocycles. The van der Waals surface area contributed by atoms with Gasteiger partial charge < -0.3 is 25.0 Å². The maximum absolute atomic E-state index is 11.9. The number of carbonyl (C=O) groups is 2. The molecule has 0 spiro atoms. The molecule has 0 aromatic heterocycles. The first-order chi connectivity index (χ1) is 10.3. The van der Waals surface area contributed by atoms with E-state index >= 15 is 0 Å². The monoisotopic (exact) mass is 373 g/mol. The van der Waals surface area contributed by atoms with Crippen LogP contribution in [0.4, 0.5) is 0 Å². The standard InChI is InChI=1S/C14H16BrNO6/c1-14(20,13(18)19)7-16-12(17)5-8-4-10-11(6-9(8)15)22-3-2-21-10/h4,6,20H,2-3,5,7H2,1H3,(H,16,17)(H,18,19). The summed E-state index contributed by atoms with van der Waals surface area (Å²) in [7, 11) is 0. The fraction of sp³-hybridized carbons (Fsp3) is 0.429. The van der Waals surface area contributed by atoms with Crippen molar-refractivity contribution in [3.05, 3.63) is 22.2 Å². The van der Waals surface area contributed by atoms with Gasteiger partial charge in [-0.25, -0.2) is 4.79 Å². The van der Waals surface area contributed by atoms with E-state index in [0.717, 1.165) is 6.92 Å². The maximum atomic E-state index is 11.9. The lowest BCUT2D eigenvalue weighted by Gasteiger charge is -2.20. The summed E-state index contributed by atoms with van der Waals surface area (Å²) in [6.45, 7) is 1.67. The molecule has 22 heavy (non-hydrogen) atoms. The molecule has 0 saturated carbocycles. The van der Waals surface area contributed by atoms with E-state index < -0.39 is 17.5 Å². The summed E-state index contributed by atoms with van der Waals surface area (Å²) in [6, 6.07) is 3.43.